The molecule has 0 amide bonds. The highest BCUT2D eigenvalue weighted by molar-refractivity contribution is 7.92. The van der Waals surface area contributed by atoms with Crippen molar-refractivity contribution in [2.45, 2.75) is 25.1 Å². The van der Waals surface area contributed by atoms with E-state index in [1.807, 2.05) is 6.07 Å². The molecule has 0 unspecified atom stereocenters. The molecule has 1 heterocycles. The van der Waals surface area contributed by atoms with Gasteiger partial charge in [-0.25, -0.2) is 8.42 Å². The molecule has 0 radical (unpaired) electrons. The number of halogens is 1. The fourth-order valence-electron chi connectivity index (χ4n) is 1.76. The average Bonchev–Trinajstić information content (AvgIpc) is 2.75. The van der Waals surface area contributed by atoms with Crippen molar-refractivity contribution < 1.29 is 17.9 Å². The first-order valence-corrected chi connectivity index (χ1v) is 8.46. The first-order valence-electron chi connectivity index (χ1n) is 6.19. The van der Waals surface area contributed by atoms with Gasteiger partial charge in [-0.2, -0.15) is 0 Å². The van der Waals surface area contributed by atoms with Crippen molar-refractivity contribution >= 4 is 21.4 Å². The van der Waals surface area contributed by atoms with E-state index in [9.17, 15) is 8.42 Å². The molecule has 1 aliphatic rings. The summed E-state index contributed by atoms with van der Waals surface area (Å²) in [5.41, 5.74) is 0.920. The van der Waals surface area contributed by atoms with Gasteiger partial charge in [-0.05, 0) is 31.5 Å². The zero-order valence-corrected chi connectivity index (χ0v) is 13.3. The van der Waals surface area contributed by atoms with Crippen LogP contribution in [0.5, 0.6) is 11.5 Å². The average molecular weight is 320 g/mol. The molecular weight excluding hydrogens is 302 g/mol. The second-order valence-electron chi connectivity index (χ2n) is 5.45. The first kappa shape index (κ1) is 15.4. The van der Waals surface area contributed by atoms with Gasteiger partial charge in [-0.1, -0.05) is 11.6 Å². The largest absolute Gasteiger partial charge is 0.454 e. The van der Waals surface area contributed by atoms with Crippen LogP contribution >= 0.6 is 11.6 Å². The highest BCUT2D eigenvalue weighted by Gasteiger charge is 2.29. The van der Waals surface area contributed by atoms with Crippen molar-refractivity contribution in [1.29, 1.82) is 0 Å². The second-order valence-corrected chi connectivity index (χ2v) is 8.50. The van der Waals surface area contributed by atoms with Crippen LogP contribution in [-0.4, -0.2) is 32.8 Å². The Labute approximate surface area is 124 Å². The molecule has 112 valence electrons. The molecule has 5 nitrogen and oxygen atoms in total. The van der Waals surface area contributed by atoms with Crippen LogP contribution in [0.3, 0.4) is 0 Å². The van der Waals surface area contributed by atoms with Crippen LogP contribution in [0.2, 0.25) is 5.02 Å². The minimum absolute atomic E-state index is 0.174. The quantitative estimate of drug-likeness (QED) is 0.899. The minimum atomic E-state index is -3.11. The Morgan fingerprint density at radius 2 is 2.05 bits per heavy atom. The monoisotopic (exact) mass is 319 g/mol. The van der Waals surface area contributed by atoms with Gasteiger partial charge in [-0.3, -0.25) is 0 Å². The van der Waals surface area contributed by atoms with Crippen LogP contribution in [0.1, 0.15) is 19.4 Å². The molecule has 0 spiro atoms. The lowest BCUT2D eigenvalue weighted by atomic mass is 10.1. The number of rotatable bonds is 5. The van der Waals surface area contributed by atoms with Gasteiger partial charge >= 0.3 is 0 Å². The summed E-state index contributed by atoms with van der Waals surface area (Å²) >= 11 is 6.09. The van der Waals surface area contributed by atoms with E-state index in [2.05, 4.69) is 5.32 Å². The smallest absolute Gasteiger partial charge is 0.231 e. The van der Waals surface area contributed by atoms with Gasteiger partial charge < -0.3 is 14.8 Å². The summed E-state index contributed by atoms with van der Waals surface area (Å²) in [5.74, 6) is 1.18. The van der Waals surface area contributed by atoms with E-state index in [0.29, 0.717) is 29.6 Å². The summed E-state index contributed by atoms with van der Waals surface area (Å²) in [6.07, 6.45) is 1.24. The molecule has 7 heteroatoms. The summed E-state index contributed by atoms with van der Waals surface area (Å²) in [5, 5.41) is 3.63. The van der Waals surface area contributed by atoms with Crippen LogP contribution in [0, 0.1) is 0 Å². The molecule has 1 aliphatic heterocycles. The summed E-state index contributed by atoms with van der Waals surface area (Å²) < 4.78 is 32.9. The number of benzene rings is 1. The maximum Gasteiger partial charge on any atom is 0.231 e. The lowest BCUT2D eigenvalue weighted by Gasteiger charge is -2.22. The van der Waals surface area contributed by atoms with E-state index in [1.54, 1.807) is 19.9 Å². The number of nitrogens with one attached hydrogen (secondary N) is 1. The molecule has 0 saturated heterocycles. The van der Waals surface area contributed by atoms with Crippen LogP contribution in [0.25, 0.3) is 0 Å². The topological polar surface area (TPSA) is 64.6 Å². The standard InChI is InChI=1S/C13H18ClNO4S/c1-13(2,20(3,16)17)7-15-6-9-4-10(14)12-11(5-9)18-8-19-12/h4-5,15H,6-8H2,1-3H3. The van der Waals surface area contributed by atoms with Crippen LogP contribution in [0.15, 0.2) is 12.1 Å². The first-order chi connectivity index (χ1) is 9.21. The molecule has 0 atom stereocenters. The Morgan fingerprint density at radius 3 is 2.70 bits per heavy atom. The molecule has 0 aliphatic carbocycles. The van der Waals surface area contributed by atoms with Crippen molar-refractivity contribution in [1.82, 2.24) is 5.32 Å². The molecule has 0 fully saturated rings. The van der Waals surface area contributed by atoms with Gasteiger partial charge in [0.25, 0.3) is 0 Å². The van der Waals surface area contributed by atoms with Crippen molar-refractivity contribution in [3.63, 3.8) is 0 Å². The highest BCUT2D eigenvalue weighted by atomic mass is 35.5. The lowest BCUT2D eigenvalue weighted by molar-refractivity contribution is 0.174. The molecule has 0 saturated carbocycles. The Hall–Kier alpha value is -0.980. The van der Waals surface area contributed by atoms with Gasteiger partial charge in [0, 0.05) is 19.3 Å². The predicted octanol–water partition coefficient (Wildman–Crippen LogP) is 1.98. The SMILES string of the molecule is CC(C)(CNCc1cc(Cl)c2c(c1)OCO2)S(C)(=O)=O. The van der Waals surface area contributed by atoms with Crippen molar-refractivity contribution in [2.24, 2.45) is 0 Å². The number of ether oxygens (including phenoxy) is 2. The fraction of sp³-hybridized carbons (Fsp3) is 0.538. The van der Waals surface area contributed by atoms with Gasteiger partial charge in [-0.15, -0.1) is 0 Å². The number of sulfone groups is 1. The van der Waals surface area contributed by atoms with Crippen LogP contribution in [-0.2, 0) is 16.4 Å². The molecule has 0 aromatic heterocycles. The van der Waals surface area contributed by atoms with Gasteiger partial charge in [0.05, 0.1) is 9.77 Å². The van der Waals surface area contributed by atoms with E-state index in [0.717, 1.165) is 5.56 Å². The summed E-state index contributed by atoms with van der Waals surface area (Å²) in [7, 11) is -3.11. The Morgan fingerprint density at radius 1 is 1.35 bits per heavy atom. The number of hydrogen-bond donors (Lipinski definition) is 1. The lowest BCUT2D eigenvalue weighted by Crippen LogP contribution is -2.41. The van der Waals surface area contributed by atoms with Crippen molar-refractivity contribution in [2.75, 3.05) is 19.6 Å². The van der Waals surface area contributed by atoms with Crippen molar-refractivity contribution in [3.05, 3.63) is 22.7 Å². The van der Waals surface area contributed by atoms with Gasteiger partial charge in [0.15, 0.2) is 21.3 Å². The zero-order chi connectivity index (χ0) is 15.0. The van der Waals surface area contributed by atoms with Gasteiger partial charge in [0.2, 0.25) is 6.79 Å². The molecule has 1 N–H and O–H groups in total. The maximum atomic E-state index is 11.6. The molecule has 1 aromatic rings. The normalized spacial score (nSPS) is 14.6. The molecule has 20 heavy (non-hydrogen) atoms. The van der Waals surface area contributed by atoms with E-state index in [4.69, 9.17) is 21.1 Å². The summed E-state index contributed by atoms with van der Waals surface area (Å²) in [4.78, 5) is 0. The van der Waals surface area contributed by atoms with E-state index < -0.39 is 14.6 Å². The molecule has 2 rings (SSSR count). The third-order valence-corrected chi connectivity index (χ3v) is 5.80. The summed E-state index contributed by atoms with van der Waals surface area (Å²) in [6, 6.07) is 3.63. The van der Waals surface area contributed by atoms with E-state index in [1.165, 1.54) is 6.26 Å². The second kappa shape index (κ2) is 5.42. The third kappa shape index (κ3) is 3.19. The Kier molecular flexibility index (Phi) is 4.18. The molecule has 1 aromatic carbocycles. The molecular formula is C13H18ClNO4S. The predicted molar refractivity (Wildman–Crippen MR) is 78.2 cm³/mol. The van der Waals surface area contributed by atoms with Crippen LogP contribution < -0.4 is 14.8 Å². The zero-order valence-electron chi connectivity index (χ0n) is 11.7. The highest BCUT2D eigenvalue weighted by Crippen LogP contribution is 2.39. The van der Waals surface area contributed by atoms with E-state index in [-0.39, 0.29) is 6.79 Å². The van der Waals surface area contributed by atoms with E-state index >= 15 is 0 Å². The Bertz CT molecular complexity index is 613. The van der Waals surface area contributed by atoms with Gasteiger partial charge in [0.1, 0.15) is 0 Å². The summed E-state index contributed by atoms with van der Waals surface area (Å²) in [6.45, 7) is 4.43. The fourth-order valence-corrected chi connectivity index (χ4v) is 2.41. The Balaban J connectivity index is 2.01. The maximum absolute atomic E-state index is 11.6. The van der Waals surface area contributed by atoms with Crippen molar-refractivity contribution in [3.8, 4) is 11.5 Å². The van der Waals surface area contributed by atoms with Crippen LogP contribution in [0.4, 0.5) is 0 Å². The minimum Gasteiger partial charge on any atom is -0.454 e. The number of hydrogen-bond acceptors (Lipinski definition) is 5. The number of fused-ring (bicyclic) bond motifs is 1. The third-order valence-electron chi connectivity index (χ3n) is 3.37. The molecule has 0 bridgehead atoms.